The molecule has 1 aliphatic heterocycles. The predicted molar refractivity (Wildman–Crippen MR) is 91.3 cm³/mol. The van der Waals surface area contributed by atoms with Gasteiger partial charge >= 0.3 is 5.76 Å². The van der Waals surface area contributed by atoms with E-state index in [9.17, 15) is 22.8 Å². The molecule has 0 bridgehead atoms. The van der Waals surface area contributed by atoms with Crippen LogP contribution in [0.3, 0.4) is 0 Å². The molecule has 140 valence electrons. The number of carbonyl (C=O) groups excluding carboxylic acids is 1. The van der Waals surface area contributed by atoms with Gasteiger partial charge in [-0.15, -0.1) is 0 Å². The number of para-hydroxylation sites is 1. The van der Waals surface area contributed by atoms with Gasteiger partial charge in [-0.25, -0.2) is 18.0 Å². The molecule has 2 aromatic carbocycles. The van der Waals surface area contributed by atoms with Gasteiger partial charge in [-0.1, -0.05) is 6.07 Å². The number of oxazole rings is 1. The van der Waals surface area contributed by atoms with Gasteiger partial charge in [0, 0.05) is 26.2 Å². The molecule has 1 N–H and O–H groups in total. The third-order valence-corrected chi connectivity index (χ3v) is 4.60. The normalized spacial score (nSPS) is 14.8. The van der Waals surface area contributed by atoms with Crippen molar-refractivity contribution in [2.45, 2.75) is 0 Å². The molecule has 1 aromatic heterocycles. The molecule has 0 radical (unpaired) electrons. The van der Waals surface area contributed by atoms with Gasteiger partial charge in [-0.3, -0.25) is 9.78 Å². The number of aromatic nitrogens is 1. The molecule has 1 fully saturated rings. The molecule has 1 saturated heterocycles. The fourth-order valence-corrected chi connectivity index (χ4v) is 3.22. The Labute approximate surface area is 150 Å². The molecule has 0 atom stereocenters. The summed E-state index contributed by atoms with van der Waals surface area (Å²) in [5, 5.41) is 0. The van der Waals surface area contributed by atoms with E-state index >= 15 is 0 Å². The lowest BCUT2D eigenvalue weighted by Gasteiger charge is -2.36. The van der Waals surface area contributed by atoms with Gasteiger partial charge in [0.05, 0.1) is 16.8 Å². The molecule has 0 unspecified atom stereocenters. The van der Waals surface area contributed by atoms with Crippen LogP contribution in [0.4, 0.5) is 18.9 Å². The molecule has 27 heavy (non-hydrogen) atoms. The highest BCUT2D eigenvalue weighted by atomic mass is 19.2. The van der Waals surface area contributed by atoms with Gasteiger partial charge in [0.1, 0.15) is 0 Å². The van der Waals surface area contributed by atoms with Gasteiger partial charge in [-0.2, -0.15) is 0 Å². The molecule has 4 rings (SSSR count). The van der Waals surface area contributed by atoms with Crippen LogP contribution in [-0.2, 0) is 0 Å². The summed E-state index contributed by atoms with van der Waals surface area (Å²) in [5.74, 6) is -5.73. The first-order valence-corrected chi connectivity index (χ1v) is 8.25. The second-order valence-corrected chi connectivity index (χ2v) is 6.17. The highest BCUT2D eigenvalue weighted by Crippen LogP contribution is 2.26. The monoisotopic (exact) mass is 377 g/mol. The van der Waals surface area contributed by atoms with Crippen LogP contribution in [0.2, 0.25) is 0 Å². The maximum Gasteiger partial charge on any atom is 0.417 e. The second-order valence-electron chi connectivity index (χ2n) is 6.17. The van der Waals surface area contributed by atoms with E-state index in [-0.39, 0.29) is 13.1 Å². The highest BCUT2D eigenvalue weighted by Gasteiger charge is 2.27. The number of anilines is 1. The van der Waals surface area contributed by atoms with E-state index in [2.05, 4.69) is 4.98 Å². The molecule has 3 aromatic rings. The second kappa shape index (κ2) is 6.49. The number of benzene rings is 2. The number of hydrogen-bond acceptors (Lipinski definition) is 4. The Kier molecular flexibility index (Phi) is 4.14. The number of aromatic amines is 1. The van der Waals surface area contributed by atoms with Crippen LogP contribution >= 0.6 is 0 Å². The topological polar surface area (TPSA) is 69.6 Å². The van der Waals surface area contributed by atoms with E-state index in [0.29, 0.717) is 29.9 Å². The number of piperazine rings is 1. The third kappa shape index (κ3) is 2.94. The number of carbonyl (C=O) groups is 1. The standard InChI is InChI=1S/C18H14F3N3O3/c19-11-5-4-10(14(20)15(11)21)17(25)24-8-6-23(7-9-24)13-3-1-2-12-16(13)27-18(26)22-12/h1-5H,6-9H2,(H,22,26). The molecule has 1 amide bonds. The first kappa shape index (κ1) is 17.2. The lowest BCUT2D eigenvalue weighted by Crippen LogP contribution is -2.49. The van der Waals surface area contributed by atoms with Crippen molar-refractivity contribution in [2.75, 3.05) is 31.1 Å². The largest absolute Gasteiger partial charge is 0.417 e. The van der Waals surface area contributed by atoms with E-state index in [1.807, 2.05) is 4.90 Å². The van der Waals surface area contributed by atoms with Crippen LogP contribution in [-0.4, -0.2) is 42.0 Å². The molecule has 2 heterocycles. The lowest BCUT2D eigenvalue weighted by atomic mass is 10.1. The van der Waals surface area contributed by atoms with E-state index in [1.54, 1.807) is 18.2 Å². The molecule has 0 saturated carbocycles. The molecular weight excluding hydrogens is 363 g/mol. The number of nitrogens with one attached hydrogen (secondary N) is 1. The maximum atomic E-state index is 13.9. The quantitative estimate of drug-likeness (QED) is 0.697. The molecule has 0 spiro atoms. The number of hydrogen-bond donors (Lipinski definition) is 1. The summed E-state index contributed by atoms with van der Waals surface area (Å²) in [5.41, 5.74) is 1.20. The number of amides is 1. The zero-order chi connectivity index (χ0) is 19.1. The highest BCUT2D eigenvalue weighted by molar-refractivity contribution is 5.95. The Balaban J connectivity index is 1.53. The summed E-state index contributed by atoms with van der Waals surface area (Å²) in [6.45, 7) is 1.32. The summed E-state index contributed by atoms with van der Waals surface area (Å²) in [6.07, 6.45) is 0. The number of halogens is 3. The zero-order valence-electron chi connectivity index (χ0n) is 14.0. The summed E-state index contributed by atoms with van der Waals surface area (Å²) in [4.78, 5) is 29.8. The van der Waals surface area contributed by atoms with Crippen LogP contribution in [0.15, 0.2) is 39.5 Å². The number of H-pyrrole nitrogens is 1. The van der Waals surface area contributed by atoms with Crippen molar-refractivity contribution in [3.8, 4) is 0 Å². The van der Waals surface area contributed by atoms with Gasteiger partial charge < -0.3 is 14.2 Å². The van der Waals surface area contributed by atoms with Gasteiger partial charge in [0.25, 0.3) is 5.91 Å². The molecule has 9 heteroatoms. The first-order valence-electron chi connectivity index (χ1n) is 8.25. The lowest BCUT2D eigenvalue weighted by molar-refractivity contribution is 0.0740. The van der Waals surface area contributed by atoms with Crippen molar-refractivity contribution in [3.05, 3.63) is 63.9 Å². The van der Waals surface area contributed by atoms with Crippen LogP contribution in [0.5, 0.6) is 0 Å². The molecule has 0 aliphatic carbocycles. The molecule has 1 aliphatic rings. The Morgan fingerprint density at radius 1 is 1.00 bits per heavy atom. The minimum Gasteiger partial charge on any atom is -0.406 e. The van der Waals surface area contributed by atoms with Crippen molar-refractivity contribution in [3.63, 3.8) is 0 Å². The summed E-state index contributed by atoms with van der Waals surface area (Å²) < 4.78 is 45.5. The van der Waals surface area contributed by atoms with Crippen molar-refractivity contribution >= 4 is 22.7 Å². The van der Waals surface area contributed by atoms with Crippen molar-refractivity contribution in [1.82, 2.24) is 9.88 Å². The van der Waals surface area contributed by atoms with Gasteiger partial charge in [0.2, 0.25) is 0 Å². The fraction of sp³-hybridized carbons (Fsp3) is 0.222. The zero-order valence-corrected chi connectivity index (χ0v) is 14.0. The Hall–Kier alpha value is -3.23. The number of rotatable bonds is 2. The summed E-state index contributed by atoms with van der Waals surface area (Å²) in [7, 11) is 0. The Morgan fingerprint density at radius 3 is 2.48 bits per heavy atom. The molecule has 6 nitrogen and oxygen atoms in total. The van der Waals surface area contributed by atoms with Crippen molar-refractivity contribution in [1.29, 1.82) is 0 Å². The van der Waals surface area contributed by atoms with Crippen LogP contribution in [0, 0.1) is 17.5 Å². The number of nitrogens with zero attached hydrogens (tertiary/aromatic N) is 2. The van der Waals surface area contributed by atoms with E-state index in [1.165, 1.54) is 4.90 Å². The average molecular weight is 377 g/mol. The van der Waals surface area contributed by atoms with Crippen LogP contribution in [0.1, 0.15) is 10.4 Å². The van der Waals surface area contributed by atoms with E-state index < -0.39 is 34.7 Å². The van der Waals surface area contributed by atoms with Crippen molar-refractivity contribution in [2.24, 2.45) is 0 Å². The average Bonchev–Trinajstić information content (AvgIpc) is 3.06. The Morgan fingerprint density at radius 2 is 1.74 bits per heavy atom. The van der Waals surface area contributed by atoms with Gasteiger partial charge in [0.15, 0.2) is 23.0 Å². The Bertz CT molecular complexity index is 1080. The van der Waals surface area contributed by atoms with E-state index in [4.69, 9.17) is 4.42 Å². The fourth-order valence-electron chi connectivity index (χ4n) is 3.22. The maximum absolute atomic E-state index is 13.9. The smallest absolute Gasteiger partial charge is 0.406 e. The predicted octanol–water partition coefficient (Wildman–Crippen LogP) is 2.50. The minimum atomic E-state index is -1.66. The van der Waals surface area contributed by atoms with Crippen molar-refractivity contribution < 1.29 is 22.4 Å². The first-order chi connectivity index (χ1) is 13.0. The minimum absolute atomic E-state index is 0.252. The van der Waals surface area contributed by atoms with Gasteiger partial charge in [-0.05, 0) is 24.3 Å². The summed E-state index contributed by atoms with van der Waals surface area (Å²) >= 11 is 0. The van der Waals surface area contributed by atoms with Crippen LogP contribution < -0.4 is 10.7 Å². The SMILES string of the molecule is O=C(c1ccc(F)c(F)c1F)N1CCN(c2cccc3[nH]c(=O)oc23)CC1. The third-order valence-electron chi connectivity index (χ3n) is 4.60. The van der Waals surface area contributed by atoms with E-state index in [0.717, 1.165) is 12.1 Å². The molecular formula is C18H14F3N3O3. The summed E-state index contributed by atoms with van der Waals surface area (Å²) in [6, 6.07) is 6.96. The van der Waals surface area contributed by atoms with Crippen LogP contribution in [0.25, 0.3) is 11.1 Å². The number of fused-ring (bicyclic) bond motifs is 1.